The highest BCUT2D eigenvalue weighted by molar-refractivity contribution is 6.39. The van der Waals surface area contributed by atoms with Gasteiger partial charge in [-0.3, -0.25) is 9.59 Å². The van der Waals surface area contributed by atoms with Crippen molar-refractivity contribution in [3.8, 4) is 44.9 Å². The number of halogens is 2. The van der Waals surface area contributed by atoms with Crippen LogP contribution in [0.4, 0.5) is 11.4 Å². The minimum absolute atomic E-state index is 0.0130. The molecule has 2 fully saturated rings. The predicted molar refractivity (Wildman–Crippen MR) is 191 cm³/mol. The Morgan fingerprint density at radius 1 is 0.625 bits per heavy atom. The topological polar surface area (TPSA) is 83.1 Å². The summed E-state index contributed by atoms with van der Waals surface area (Å²) in [6.07, 6.45) is 4.36. The molecule has 0 bridgehead atoms. The molecule has 0 spiro atoms. The zero-order valence-corrected chi connectivity index (χ0v) is 27.9. The number of nitrogens with one attached hydrogen (secondary N) is 2. The van der Waals surface area contributed by atoms with Crippen LogP contribution in [0.1, 0.15) is 25.7 Å². The van der Waals surface area contributed by atoms with Gasteiger partial charge in [0.15, 0.2) is 13.2 Å². The largest absolute Gasteiger partial charge is 0.482 e. The van der Waals surface area contributed by atoms with E-state index in [2.05, 4.69) is 10.6 Å². The van der Waals surface area contributed by atoms with Crippen molar-refractivity contribution >= 4 is 46.4 Å². The van der Waals surface area contributed by atoms with Crippen molar-refractivity contribution in [3.63, 3.8) is 0 Å². The fraction of sp³-hybridized carbons (Fsp3) is 0.316. The van der Waals surface area contributed by atoms with Gasteiger partial charge in [0.1, 0.15) is 11.5 Å². The van der Waals surface area contributed by atoms with Crippen LogP contribution in [0.25, 0.3) is 33.4 Å². The summed E-state index contributed by atoms with van der Waals surface area (Å²) in [6, 6.07) is 24.2. The number of benzene rings is 4. The van der Waals surface area contributed by atoms with E-state index < -0.39 is 0 Å². The molecule has 0 unspecified atom stereocenters. The van der Waals surface area contributed by atoms with E-state index in [0.29, 0.717) is 34.6 Å². The summed E-state index contributed by atoms with van der Waals surface area (Å²) in [4.78, 5) is 29.3. The quantitative estimate of drug-likeness (QED) is 0.220. The first kappa shape index (κ1) is 31.2. The van der Waals surface area contributed by atoms with Gasteiger partial charge >= 0.3 is 0 Å². The molecule has 2 atom stereocenters. The Hall–Kier alpha value is -4.08. The van der Waals surface area contributed by atoms with Crippen LogP contribution in [0.5, 0.6) is 11.5 Å². The molecule has 10 heteroatoms. The van der Waals surface area contributed by atoms with E-state index in [-0.39, 0.29) is 37.1 Å². The number of carbonyl (C=O) groups is 2. The molecule has 2 amide bonds. The summed E-state index contributed by atoms with van der Waals surface area (Å²) >= 11 is 14.3. The normalized spacial score (nSPS) is 20.4. The molecule has 8 nitrogen and oxygen atoms in total. The van der Waals surface area contributed by atoms with Gasteiger partial charge in [-0.05, 0) is 74.2 Å². The maximum atomic E-state index is 12.8. The Morgan fingerprint density at radius 2 is 1.06 bits per heavy atom. The van der Waals surface area contributed by atoms with Gasteiger partial charge < -0.3 is 29.9 Å². The van der Waals surface area contributed by atoms with Crippen LogP contribution >= 0.6 is 23.2 Å². The molecule has 4 aromatic carbocycles. The van der Waals surface area contributed by atoms with Crippen LogP contribution in [0.2, 0.25) is 10.0 Å². The first-order valence-corrected chi connectivity index (χ1v) is 17.4. The number of carbonyl (C=O) groups excluding carboxylic acids is 2. The van der Waals surface area contributed by atoms with Gasteiger partial charge in [-0.15, -0.1) is 0 Å². The number of ether oxygens (including phenoxy) is 2. The number of amides is 2. The summed E-state index contributed by atoms with van der Waals surface area (Å²) in [6.45, 7) is 3.25. The molecule has 4 heterocycles. The molecule has 8 rings (SSSR count). The number of nitrogens with zero attached hydrogens (tertiary/aromatic N) is 2. The minimum Gasteiger partial charge on any atom is -0.482 e. The van der Waals surface area contributed by atoms with Gasteiger partial charge in [-0.25, -0.2) is 0 Å². The van der Waals surface area contributed by atoms with Crippen molar-refractivity contribution in [2.24, 2.45) is 0 Å². The van der Waals surface area contributed by atoms with Gasteiger partial charge in [0.05, 0.1) is 21.4 Å². The molecule has 4 aliphatic heterocycles. The van der Waals surface area contributed by atoms with E-state index in [0.717, 1.165) is 83.5 Å². The number of anilines is 2. The van der Waals surface area contributed by atoms with Crippen molar-refractivity contribution in [1.82, 2.24) is 10.6 Å². The second-order valence-electron chi connectivity index (χ2n) is 12.9. The Balaban J connectivity index is 1.09. The fourth-order valence-corrected chi connectivity index (χ4v) is 8.01. The van der Waals surface area contributed by atoms with Gasteiger partial charge in [0.2, 0.25) is 0 Å². The monoisotopic (exact) mass is 682 g/mol. The Kier molecular flexibility index (Phi) is 8.51. The molecule has 0 aromatic heterocycles. The standard InChI is InChI=1S/C38H36Cl2N4O4/c39-37-27(23-11-13-31-33(17-23)47-21-35(45)43(31)19-25-5-3-15-41-25)7-1-9-29(37)30-10-2-8-28(38(30)40)24-12-14-32-34(18-24)48-22-36(46)44(32)20-26-6-4-16-42-26/h1-2,7-14,17-18,25-26,41-42H,3-6,15-16,19-22H2/t25-,26-/m0/s1. The number of fused-ring (bicyclic) bond motifs is 2. The lowest BCUT2D eigenvalue weighted by atomic mass is 9.95. The lowest BCUT2D eigenvalue weighted by Gasteiger charge is -2.31. The van der Waals surface area contributed by atoms with Crippen molar-refractivity contribution in [2.45, 2.75) is 37.8 Å². The molecule has 0 aliphatic carbocycles. The fourth-order valence-electron chi connectivity index (χ4n) is 7.34. The average Bonchev–Trinajstić information content (AvgIpc) is 3.82. The van der Waals surface area contributed by atoms with Crippen molar-refractivity contribution in [3.05, 3.63) is 82.8 Å². The molecule has 0 saturated carbocycles. The summed E-state index contributed by atoms with van der Waals surface area (Å²) in [7, 11) is 0. The van der Waals surface area contributed by atoms with Crippen LogP contribution in [-0.4, -0.2) is 63.3 Å². The SMILES string of the molecule is O=C1COc2cc(-c3cccc(-c4cccc(-c5ccc6c(c5)OCC(=O)N6C[C@@H]5CCCN5)c4Cl)c3Cl)ccc2N1C[C@@H]1CCCN1. The third kappa shape index (κ3) is 5.81. The number of hydrogen-bond acceptors (Lipinski definition) is 6. The van der Waals surface area contributed by atoms with E-state index in [1.54, 1.807) is 0 Å². The summed E-state index contributed by atoms with van der Waals surface area (Å²) in [5.41, 5.74) is 6.63. The van der Waals surface area contributed by atoms with Crippen LogP contribution in [0.3, 0.4) is 0 Å². The lowest BCUT2D eigenvalue weighted by Crippen LogP contribution is -2.45. The highest BCUT2D eigenvalue weighted by atomic mass is 35.5. The Morgan fingerprint density at radius 3 is 1.48 bits per heavy atom. The van der Waals surface area contributed by atoms with Crippen LogP contribution in [-0.2, 0) is 9.59 Å². The van der Waals surface area contributed by atoms with Gasteiger partial charge in [-0.1, -0.05) is 71.7 Å². The third-order valence-electron chi connectivity index (χ3n) is 9.85. The second kappa shape index (κ2) is 13.1. The third-order valence-corrected chi connectivity index (χ3v) is 10.7. The Bertz CT molecular complexity index is 1770. The van der Waals surface area contributed by atoms with Gasteiger partial charge in [0, 0.05) is 47.4 Å². The van der Waals surface area contributed by atoms with Crippen LogP contribution < -0.4 is 29.9 Å². The average molecular weight is 684 g/mol. The summed E-state index contributed by atoms with van der Waals surface area (Å²) < 4.78 is 11.8. The van der Waals surface area contributed by atoms with Crippen molar-refractivity contribution < 1.29 is 19.1 Å². The minimum atomic E-state index is -0.0313. The summed E-state index contributed by atoms with van der Waals surface area (Å²) in [5.74, 6) is 1.27. The summed E-state index contributed by atoms with van der Waals surface area (Å²) in [5, 5.41) is 8.10. The molecule has 246 valence electrons. The van der Waals surface area contributed by atoms with E-state index in [1.807, 2.05) is 82.6 Å². The highest BCUT2D eigenvalue weighted by Gasteiger charge is 2.31. The predicted octanol–water partition coefficient (Wildman–Crippen LogP) is 6.95. The molecule has 0 radical (unpaired) electrons. The molecule has 2 N–H and O–H groups in total. The van der Waals surface area contributed by atoms with E-state index in [9.17, 15) is 9.59 Å². The van der Waals surface area contributed by atoms with Gasteiger partial charge in [0.25, 0.3) is 11.8 Å². The zero-order chi connectivity index (χ0) is 32.8. The molecular weight excluding hydrogens is 647 g/mol. The van der Waals surface area contributed by atoms with Gasteiger partial charge in [-0.2, -0.15) is 0 Å². The maximum absolute atomic E-state index is 12.8. The molecular formula is C38H36Cl2N4O4. The highest BCUT2D eigenvalue weighted by Crippen LogP contribution is 2.45. The molecule has 4 aliphatic rings. The van der Waals surface area contributed by atoms with E-state index in [1.165, 1.54) is 0 Å². The molecule has 4 aromatic rings. The second-order valence-corrected chi connectivity index (χ2v) is 13.6. The van der Waals surface area contributed by atoms with E-state index in [4.69, 9.17) is 32.7 Å². The Labute approximate surface area is 289 Å². The molecule has 2 saturated heterocycles. The first-order chi connectivity index (χ1) is 23.4. The maximum Gasteiger partial charge on any atom is 0.265 e. The van der Waals surface area contributed by atoms with Crippen molar-refractivity contribution in [1.29, 1.82) is 0 Å². The first-order valence-electron chi connectivity index (χ1n) is 16.6. The molecule has 48 heavy (non-hydrogen) atoms. The zero-order valence-electron chi connectivity index (χ0n) is 26.4. The lowest BCUT2D eigenvalue weighted by molar-refractivity contribution is -0.122. The number of hydrogen-bond donors (Lipinski definition) is 2. The smallest absolute Gasteiger partial charge is 0.265 e. The van der Waals surface area contributed by atoms with E-state index >= 15 is 0 Å². The number of rotatable bonds is 7. The van der Waals surface area contributed by atoms with Crippen LogP contribution in [0, 0.1) is 0 Å². The van der Waals surface area contributed by atoms with Crippen LogP contribution in [0.15, 0.2) is 72.8 Å². The van der Waals surface area contributed by atoms with Crippen molar-refractivity contribution in [2.75, 3.05) is 49.2 Å².